The maximum absolute atomic E-state index is 11.9. The van der Waals surface area contributed by atoms with Gasteiger partial charge in [-0.2, -0.15) is 0 Å². The van der Waals surface area contributed by atoms with Crippen LogP contribution in [0.1, 0.15) is 32.4 Å². The summed E-state index contributed by atoms with van der Waals surface area (Å²) in [6.45, 7) is 5.19. The van der Waals surface area contributed by atoms with Crippen LogP contribution in [0.25, 0.3) is 0 Å². The highest BCUT2D eigenvalue weighted by Crippen LogP contribution is 2.36. The lowest BCUT2D eigenvalue weighted by atomic mass is 10.1. The predicted molar refractivity (Wildman–Crippen MR) is 95.9 cm³/mol. The molecule has 6 heteroatoms. The number of carbonyl (C=O) groups excluding carboxylic acids is 1. The van der Waals surface area contributed by atoms with Gasteiger partial charge in [0.1, 0.15) is 12.4 Å². The maximum atomic E-state index is 11.9. The van der Waals surface area contributed by atoms with Crippen LogP contribution < -0.4 is 14.5 Å². The monoisotopic (exact) mass is 343 g/mol. The Morgan fingerprint density at radius 3 is 2.96 bits per heavy atom. The van der Waals surface area contributed by atoms with Crippen molar-refractivity contribution >= 4 is 28.1 Å². The topological polar surface area (TPSA) is 45.7 Å². The van der Waals surface area contributed by atoms with Crippen LogP contribution in [0.5, 0.6) is 5.75 Å². The SMILES string of the molecule is CC(=O)N(c1nc(CN2c3ccccc3OC[C@H]2C)cs1)C1CC1. The number of para-hydroxylation sites is 2. The number of fused-ring (bicyclic) bond motifs is 1. The molecule has 0 radical (unpaired) electrons. The van der Waals surface area contributed by atoms with Gasteiger partial charge in [0.15, 0.2) is 5.13 Å². The molecule has 0 spiro atoms. The van der Waals surface area contributed by atoms with Gasteiger partial charge in [0.05, 0.1) is 24.0 Å². The number of carbonyl (C=O) groups is 1. The molecule has 1 fully saturated rings. The van der Waals surface area contributed by atoms with E-state index in [0.29, 0.717) is 12.6 Å². The molecular weight excluding hydrogens is 322 g/mol. The summed E-state index contributed by atoms with van der Waals surface area (Å²) in [7, 11) is 0. The molecule has 0 saturated heterocycles. The fraction of sp³-hybridized carbons (Fsp3) is 0.444. The molecule has 24 heavy (non-hydrogen) atoms. The van der Waals surface area contributed by atoms with E-state index in [1.165, 1.54) is 0 Å². The zero-order valence-corrected chi connectivity index (χ0v) is 14.8. The van der Waals surface area contributed by atoms with Crippen molar-refractivity contribution in [1.29, 1.82) is 0 Å². The Bertz CT molecular complexity index is 756. The fourth-order valence-electron chi connectivity index (χ4n) is 3.13. The quantitative estimate of drug-likeness (QED) is 0.853. The summed E-state index contributed by atoms with van der Waals surface area (Å²) in [6, 6.07) is 8.76. The number of hydrogen-bond donors (Lipinski definition) is 0. The lowest BCUT2D eigenvalue weighted by molar-refractivity contribution is -0.116. The molecule has 1 aliphatic carbocycles. The average molecular weight is 343 g/mol. The molecule has 2 aliphatic rings. The molecule has 1 atom stereocenters. The minimum Gasteiger partial charge on any atom is -0.489 e. The molecule has 5 nitrogen and oxygen atoms in total. The van der Waals surface area contributed by atoms with E-state index in [1.54, 1.807) is 18.3 Å². The Morgan fingerprint density at radius 2 is 2.21 bits per heavy atom. The first kappa shape index (κ1) is 15.4. The van der Waals surface area contributed by atoms with Gasteiger partial charge in [-0.3, -0.25) is 9.69 Å². The lowest BCUT2D eigenvalue weighted by Gasteiger charge is -2.36. The van der Waals surface area contributed by atoms with Crippen molar-refractivity contribution < 1.29 is 9.53 Å². The normalized spacial score (nSPS) is 19.6. The van der Waals surface area contributed by atoms with E-state index in [2.05, 4.69) is 23.3 Å². The van der Waals surface area contributed by atoms with Crippen LogP contribution in [0.15, 0.2) is 29.6 Å². The van der Waals surface area contributed by atoms with Crippen molar-refractivity contribution in [2.45, 2.75) is 45.3 Å². The third-order valence-electron chi connectivity index (χ3n) is 4.52. The fourth-order valence-corrected chi connectivity index (χ4v) is 4.06. The van der Waals surface area contributed by atoms with Crippen molar-refractivity contribution in [2.24, 2.45) is 0 Å². The zero-order valence-electron chi connectivity index (χ0n) is 13.9. The van der Waals surface area contributed by atoms with Crippen LogP contribution in [0.4, 0.5) is 10.8 Å². The standard InChI is InChI=1S/C18H21N3O2S/c1-12-10-23-17-6-4-3-5-16(17)20(12)9-14-11-24-18(19-14)21(13(2)22)15-7-8-15/h3-6,11-12,15H,7-10H2,1-2H3/t12-/m1/s1. The summed E-state index contributed by atoms with van der Waals surface area (Å²) in [5.74, 6) is 1.01. The molecule has 1 amide bonds. The lowest BCUT2D eigenvalue weighted by Crippen LogP contribution is -2.40. The first-order valence-electron chi connectivity index (χ1n) is 8.36. The smallest absolute Gasteiger partial charge is 0.225 e. The number of amides is 1. The first-order valence-corrected chi connectivity index (χ1v) is 9.24. The van der Waals surface area contributed by atoms with E-state index >= 15 is 0 Å². The molecule has 1 aromatic heterocycles. The Hall–Kier alpha value is -2.08. The molecule has 0 N–H and O–H groups in total. The van der Waals surface area contributed by atoms with E-state index in [1.807, 2.05) is 23.1 Å². The van der Waals surface area contributed by atoms with Crippen molar-refractivity contribution in [1.82, 2.24) is 4.98 Å². The van der Waals surface area contributed by atoms with Crippen LogP contribution in [0.2, 0.25) is 0 Å². The number of ether oxygens (including phenoxy) is 1. The Kier molecular flexibility index (Phi) is 3.92. The van der Waals surface area contributed by atoms with Gasteiger partial charge in [-0.25, -0.2) is 4.98 Å². The van der Waals surface area contributed by atoms with Crippen LogP contribution in [0, 0.1) is 0 Å². The highest BCUT2D eigenvalue weighted by molar-refractivity contribution is 7.14. The van der Waals surface area contributed by atoms with E-state index in [4.69, 9.17) is 9.72 Å². The minimum absolute atomic E-state index is 0.0866. The van der Waals surface area contributed by atoms with Crippen LogP contribution in [-0.2, 0) is 11.3 Å². The van der Waals surface area contributed by atoms with Crippen LogP contribution in [-0.4, -0.2) is 29.6 Å². The van der Waals surface area contributed by atoms with Gasteiger partial charge in [-0.15, -0.1) is 11.3 Å². The Balaban J connectivity index is 1.57. The van der Waals surface area contributed by atoms with Crippen LogP contribution >= 0.6 is 11.3 Å². The van der Waals surface area contributed by atoms with Gasteiger partial charge in [-0.05, 0) is 31.9 Å². The summed E-state index contributed by atoms with van der Waals surface area (Å²) in [6.07, 6.45) is 2.17. The number of thiazole rings is 1. The van der Waals surface area contributed by atoms with Gasteiger partial charge in [0.2, 0.25) is 5.91 Å². The highest BCUT2D eigenvalue weighted by atomic mass is 32.1. The van der Waals surface area contributed by atoms with E-state index < -0.39 is 0 Å². The number of aromatic nitrogens is 1. The molecule has 1 aliphatic heterocycles. The highest BCUT2D eigenvalue weighted by Gasteiger charge is 2.34. The summed E-state index contributed by atoms with van der Waals surface area (Å²) in [5.41, 5.74) is 2.11. The average Bonchev–Trinajstić information content (AvgIpc) is 3.29. The second kappa shape index (κ2) is 6.09. The molecule has 2 heterocycles. The summed E-state index contributed by atoms with van der Waals surface area (Å²) < 4.78 is 5.81. The van der Waals surface area contributed by atoms with Gasteiger partial charge in [-0.1, -0.05) is 12.1 Å². The zero-order chi connectivity index (χ0) is 16.7. The van der Waals surface area contributed by atoms with E-state index in [9.17, 15) is 4.79 Å². The van der Waals surface area contributed by atoms with Crippen molar-refractivity contribution in [3.8, 4) is 5.75 Å². The number of anilines is 2. The maximum Gasteiger partial charge on any atom is 0.225 e. The second-order valence-electron chi connectivity index (χ2n) is 6.50. The molecule has 126 valence electrons. The minimum atomic E-state index is 0.0866. The number of nitrogens with zero attached hydrogens (tertiary/aromatic N) is 3. The van der Waals surface area contributed by atoms with E-state index in [0.717, 1.165) is 41.6 Å². The second-order valence-corrected chi connectivity index (χ2v) is 7.33. The Labute approximate surface area is 145 Å². The third-order valence-corrected chi connectivity index (χ3v) is 5.40. The molecule has 4 rings (SSSR count). The summed E-state index contributed by atoms with van der Waals surface area (Å²) in [4.78, 5) is 20.8. The van der Waals surface area contributed by atoms with Gasteiger partial charge < -0.3 is 9.64 Å². The molecular formula is C18H21N3O2S. The van der Waals surface area contributed by atoms with Crippen molar-refractivity contribution in [2.75, 3.05) is 16.4 Å². The predicted octanol–water partition coefficient (Wildman–Crippen LogP) is 3.45. The molecule has 2 aromatic rings. The number of rotatable bonds is 4. The van der Waals surface area contributed by atoms with Crippen molar-refractivity contribution in [3.63, 3.8) is 0 Å². The molecule has 0 unspecified atom stereocenters. The summed E-state index contributed by atoms with van der Waals surface area (Å²) >= 11 is 1.56. The Morgan fingerprint density at radius 1 is 1.42 bits per heavy atom. The van der Waals surface area contributed by atoms with Gasteiger partial charge in [0.25, 0.3) is 0 Å². The van der Waals surface area contributed by atoms with Crippen LogP contribution in [0.3, 0.4) is 0 Å². The largest absolute Gasteiger partial charge is 0.489 e. The molecule has 1 saturated carbocycles. The van der Waals surface area contributed by atoms with Crippen molar-refractivity contribution in [3.05, 3.63) is 35.3 Å². The van der Waals surface area contributed by atoms with E-state index in [-0.39, 0.29) is 11.9 Å². The molecule has 1 aromatic carbocycles. The number of benzene rings is 1. The van der Waals surface area contributed by atoms with Gasteiger partial charge in [0, 0.05) is 18.3 Å². The summed E-state index contributed by atoms with van der Waals surface area (Å²) in [5, 5.41) is 2.90. The number of hydrogen-bond acceptors (Lipinski definition) is 5. The van der Waals surface area contributed by atoms with Gasteiger partial charge >= 0.3 is 0 Å². The first-order chi connectivity index (χ1) is 11.6. The third kappa shape index (κ3) is 2.86. The molecule has 0 bridgehead atoms.